The maximum absolute atomic E-state index is 13.0. The second-order valence-electron chi connectivity index (χ2n) is 6.30. The summed E-state index contributed by atoms with van der Waals surface area (Å²) in [5.74, 6) is 1.53. The van der Waals surface area contributed by atoms with Crippen molar-refractivity contribution in [3.63, 3.8) is 0 Å². The van der Waals surface area contributed by atoms with Crippen LogP contribution >= 0.6 is 0 Å². The summed E-state index contributed by atoms with van der Waals surface area (Å²) in [7, 11) is 1.97. The molecule has 0 N–H and O–H groups in total. The van der Waals surface area contributed by atoms with Crippen LogP contribution in [0.1, 0.15) is 24.6 Å². The molecule has 132 valence electrons. The summed E-state index contributed by atoms with van der Waals surface area (Å²) in [6, 6.07) is 16.0. The SMILES string of the molecule is CC(c1cc2ccccc2o1)N(C)Cc1nc(-c2ccc(F)cc2)no1. The molecule has 0 saturated carbocycles. The first-order chi connectivity index (χ1) is 12.6. The zero-order valence-electron chi connectivity index (χ0n) is 14.5. The van der Waals surface area contributed by atoms with E-state index in [1.165, 1.54) is 12.1 Å². The molecule has 0 aliphatic rings. The van der Waals surface area contributed by atoms with Gasteiger partial charge in [0.25, 0.3) is 0 Å². The lowest BCUT2D eigenvalue weighted by molar-refractivity contribution is 0.198. The zero-order chi connectivity index (χ0) is 18.1. The third-order valence-electron chi connectivity index (χ3n) is 4.47. The van der Waals surface area contributed by atoms with Crippen molar-refractivity contribution in [2.75, 3.05) is 7.05 Å². The molecule has 2 aromatic carbocycles. The monoisotopic (exact) mass is 351 g/mol. The van der Waals surface area contributed by atoms with Crippen molar-refractivity contribution in [3.05, 3.63) is 72.1 Å². The van der Waals surface area contributed by atoms with Crippen LogP contribution in [0.5, 0.6) is 0 Å². The zero-order valence-corrected chi connectivity index (χ0v) is 14.5. The van der Waals surface area contributed by atoms with Crippen molar-refractivity contribution in [1.29, 1.82) is 0 Å². The number of rotatable bonds is 5. The van der Waals surface area contributed by atoms with E-state index < -0.39 is 0 Å². The van der Waals surface area contributed by atoms with Crippen LogP contribution in [0.3, 0.4) is 0 Å². The molecule has 4 aromatic rings. The lowest BCUT2D eigenvalue weighted by atomic mass is 10.2. The average molecular weight is 351 g/mol. The molecule has 4 rings (SSSR count). The third kappa shape index (κ3) is 3.23. The summed E-state index contributed by atoms with van der Waals surface area (Å²) < 4.78 is 24.3. The van der Waals surface area contributed by atoms with Crippen molar-refractivity contribution in [3.8, 4) is 11.4 Å². The van der Waals surface area contributed by atoms with E-state index in [-0.39, 0.29) is 11.9 Å². The fraction of sp³-hybridized carbons (Fsp3) is 0.200. The summed E-state index contributed by atoms with van der Waals surface area (Å²) in [4.78, 5) is 6.47. The van der Waals surface area contributed by atoms with Gasteiger partial charge in [-0.25, -0.2) is 4.39 Å². The van der Waals surface area contributed by atoms with Crippen LogP contribution in [0, 0.1) is 5.82 Å². The Morgan fingerprint density at radius 2 is 1.88 bits per heavy atom. The van der Waals surface area contributed by atoms with Crippen molar-refractivity contribution in [2.24, 2.45) is 0 Å². The van der Waals surface area contributed by atoms with Crippen LogP contribution in [-0.4, -0.2) is 22.1 Å². The van der Waals surface area contributed by atoms with Gasteiger partial charge in [0.15, 0.2) is 0 Å². The molecule has 0 saturated heterocycles. The summed E-state index contributed by atoms with van der Waals surface area (Å²) in [5, 5.41) is 5.06. The number of fused-ring (bicyclic) bond motifs is 1. The van der Waals surface area contributed by atoms with Crippen molar-refractivity contribution < 1.29 is 13.3 Å². The van der Waals surface area contributed by atoms with Gasteiger partial charge in [0, 0.05) is 10.9 Å². The molecule has 1 atom stereocenters. The molecule has 1 unspecified atom stereocenters. The van der Waals surface area contributed by atoms with Crippen LogP contribution < -0.4 is 0 Å². The minimum absolute atomic E-state index is 0.0450. The maximum Gasteiger partial charge on any atom is 0.241 e. The molecule has 0 fully saturated rings. The molecule has 2 aromatic heterocycles. The van der Waals surface area contributed by atoms with Crippen LogP contribution in [0.25, 0.3) is 22.4 Å². The Bertz CT molecular complexity index is 990. The molecular weight excluding hydrogens is 333 g/mol. The predicted molar refractivity (Wildman–Crippen MR) is 95.8 cm³/mol. The van der Waals surface area contributed by atoms with Gasteiger partial charge in [0.1, 0.15) is 17.2 Å². The number of benzene rings is 2. The van der Waals surface area contributed by atoms with Gasteiger partial charge in [-0.3, -0.25) is 4.90 Å². The quantitative estimate of drug-likeness (QED) is 0.516. The number of halogens is 1. The lowest BCUT2D eigenvalue weighted by Gasteiger charge is -2.20. The first kappa shape index (κ1) is 16.5. The highest BCUT2D eigenvalue weighted by Crippen LogP contribution is 2.27. The molecule has 0 bridgehead atoms. The molecule has 0 aliphatic carbocycles. The van der Waals surface area contributed by atoms with Crippen molar-refractivity contribution >= 4 is 11.0 Å². The molecule has 2 heterocycles. The van der Waals surface area contributed by atoms with Gasteiger partial charge in [-0.1, -0.05) is 23.4 Å². The number of para-hydroxylation sites is 1. The Hall–Kier alpha value is -2.99. The summed E-state index contributed by atoms with van der Waals surface area (Å²) in [5.41, 5.74) is 1.59. The Labute approximate surface area is 150 Å². The molecule has 0 radical (unpaired) electrons. The topological polar surface area (TPSA) is 55.3 Å². The van der Waals surface area contributed by atoms with Crippen molar-refractivity contribution in [1.82, 2.24) is 15.0 Å². The molecule has 0 aliphatic heterocycles. The molecule has 5 nitrogen and oxygen atoms in total. The highest BCUT2D eigenvalue weighted by molar-refractivity contribution is 5.77. The molecular formula is C20H18FN3O2. The minimum atomic E-state index is -0.295. The van der Waals surface area contributed by atoms with Crippen LogP contribution in [-0.2, 0) is 6.54 Å². The van der Waals surface area contributed by atoms with Crippen molar-refractivity contribution in [2.45, 2.75) is 19.5 Å². The maximum atomic E-state index is 13.0. The van der Waals surface area contributed by atoms with E-state index >= 15 is 0 Å². The smallest absolute Gasteiger partial charge is 0.241 e. The number of hydrogen-bond donors (Lipinski definition) is 0. The first-order valence-electron chi connectivity index (χ1n) is 8.37. The Morgan fingerprint density at radius 3 is 2.65 bits per heavy atom. The van der Waals surface area contributed by atoms with E-state index in [1.807, 2.05) is 37.4 Å². The number of furan rings is 1. The minimum Gasteiger partial charge on any atom is -0.459 e. The van der Waals surface area contributed by atoms with Gasteiger partial charge in [0.2, 0.25) is 11.7 Å². The van der Waals surface area contributed by atoms with Crippen LogP contribution in [0.4, 0.5) is 4.39 Å². The number of aromatic nitrogens is 2. The van der Waals surface area contributed by atoms with Gasteiger partial charge in [-0.05, 0) is 50.4 Å². The summed E-state index contributed by atoms with van der Waals surface area (Å²) >= 11 is 0. The molecule has 0 amide bonds. The third-order valence-corrected chi connectivity index (χ3v) is 4.47. The van der Waals surface area contributed by atoms with E-state index in [1.54, 1.807) is 12.1 Å². The number of nitrogens with zero attached hydrogens (tertiary/aromatic N) is 3. The average Bonchev–Trinajstić information content (AvgIpc) is 3.28. The normalized spacial score (nSPS) is 12.8. The van der Waals surface area contributed by atoms with E-state index in [4.69, 9.17) is 8.94 Å². The van der Waals surface area contributed by atoms with Crippen LogP contribution in [0.15, 0.2) is 63.5 Å². The number of hydrogen-bond acceptors (Lipinski definition) is 5. The Morgan fingerprint density at radius 1 is 1.12 bits per heavy atom. The Kier molecular flexibility index (Phi) is 4.26. The van der Waals surface area contributed by atoms with Gasteiger partial charge < -0.3 is 8.94 Å². The summed E-state index contributed by atoms with van der Waals surface area (Å²) in [6.45, 7) is 2.54. The van der Waals surface area contributed by atoms with E-state index in [0.29, 0.717) is 18.3 Å². The fourth-order valence-electron chi connectivity index (χ4n) is 2.81. The predicted octanol–water partition coefficient (Wildman–Crippen LogP) is 4.81. The standard InChI is InChI=1S/C20H18FN3O2/c1-13(18-11-15-5-3-4-6-17(15)25-18)24(2)12-19-22-20(23-26-19)14-7-9-16(21)10-8-14/h3-11,13H,12H2,1-2H3. The van der Waals surface area contributed by atoms with E-state index in [0.717, 1.165) is 22.3 Å². The van der Waals surface area contributed by atoms with Crippen LogP contribution in [0.2, 0.25) is 0 Å². The largest absolute Gasteiger partial charge is 0.459 e. The first-order valence-corrected chi connectivity index (χ1v) is 8.37. The lowest BCUT2D eigenvalue weighted by Crippen LogP contribution is -2.21. The highest BCUT2D eigenvalue weighted by atomic mass is 19.1. The highest BCUT2D eigenvalue weighted by Gasteiger charge is 2.19. The van der Waals surface area contributed by atoms with Gasteiger partial charge in [-0.2, -0.15) is 4.98 Å². The Balaban J connectivity index is 1.49. The second-order valence-corrected chi connectivity index (χ2v) is 6.30. The van der Waals surface area contributed by atoms with Gasteiger partial charge in [-0.15, -0.1) is 0 Å². The molecule has 0 spiro atoms. The second kappa shape index (κ2) is 6.72. The summed E-state index contributed by atoms with van der Waals surface area (Å²) in [6.07, 6.45) is 0. The van der Waals surface area contributed by atoms with Gasteiger partial charge in [0.05, 0.1) is 12.6 Å². The van der Waals surface area contributed by atoms with E-state index in [2.05, 4.69) is 22.0 Å². The van der Waals surface area contributed by atoms with E-state index in [9.17, 15) is 4.39 Å². The van der Waals surface area contributed by atoms with Gasteiger partial charge >= 0.3 is 0 Å². The molecule has 6 heteroatoms. The molecule has 26 heavy (non-hydrogen) atoms. The fourth-order valence-corrected chi connectivity index (χ4v) is 2.81.